The van der Waals surface area contributed by atoms with Gasteiger partial charge in [-0.3, -0.25) is 28.0 Å². The third-order valence-electron chi connectivity index (χ3n) is 18.7. The smallest absolute Gasteiger partial charge is 0.474 e. The molecule has 0 atom stereocenters. The molecule has 12 rings (SSSR count). The number of thiazole rings is 3. The summed E-state index contributed by atoms with van der Waals surface area (Å²) in [6.07, 6.45) is 10.0. The van der Waals surface area contributed by atoms with E-state index in [1.54, 1.807) is 36.4 Å². The average Bonchev–Trinajstić information content (AvgIpc) is 1.15. The number of fused-ring (bicyclic) bond motifs is 3. The number of amides is 3. The van der Waals surface area contributed by atoms with E-state index in [9.17, 15) is 45.3 Å². The van der Waals surface area contributed by atoms with Gasteiger partial charge in [0.15, 0.2) is 49.9 Å². The van der Waals surface area contributed by atoms with Crippen LogP contribution in [0.4, 0.5) is 76.3 Å². The Hall–Kier alpha value is -11.6. The van der Waals surface area contributed by atoms with Crippen LogP contribution in [-0.2, 0) is 51.8 Å². The van der Waals surface area contributed by atoms with Crippen molar-refractivity contribution in [3.05, 3.63) is 178 Å². The Morgan fingerprint density at radius 1 is 0.377 bits per heavy atom. The molecule has 0 bridgehead atoms. The van der Waals surface area contributed by atoms with Gasteiger partial charge in [-0.2, -0.15) is 0 Å². The maximum atomic E-state index is 14.8. The first kappa shape index (κ1) is 89.7. The van der Waals surface area contributed by atoms with Crippen molar-refractivity contribution in [2.24, 2.45) is 0 Å². The molecule has 0 aliphatic rings. The van der Waals surface area contributed by atoms with Crippen LogP contribution in [0.2, 0.25) is 0 Å². The first-order valence-electron chi connectivity index (χ1n) is 38.6. The second-order valence-corrected chi connectivity index (χ2v) is 31.9. The maximum Gasteiger partial charge on any atom is 0.474 e. The van der Waals surface area contributed by atoms with E-state index in [1.807, 2.05) is 20.8 Å². The molecule has 12 aromatic rings. The Kier molecular flexibility index (Phi) is 32.2. The fraction of sp³-hybridized carbons (Fsp3) is 0.333. The highest BCUT2D eigenvalue weighted by Crippen LogP contribution is 2.49. The Balaban J connectivity index is 0.630. The van der Waals surface area contributed by atoms with Crippen molar-refractivity contribution in [1.29, 1.82) is 0 Å². The largest absolute Gasteiger partial charge is 0.493 e. The van der Waals surface area contributed by atoms with Gasteiger partial charge in [-0.15, -0.1) is 34.0 Å². The van der Waals surface area contributed by atoms with E-state index in [0.29, 0.717) is 193 Å². The van der Waals surface area contributed by atoms with Gasteiger partial charge in [0.25, 0.3) is 0 Å². The summed E-state index contributed by atoms with van der Waals surface area (Å²) in [5.41, 5.74) is 0.827. The fourth-order valence-electron chi connectivity index (χ4n) is 12.4. The number of likely N-dealkylation sites (N-methyl/N-ethyl adjacent to an activating group) is 3. The lowest BCUT2D eigenvalue weighted by Crippen LogP contribution is -2.31. The molecule has 6 heterocycles. The van der Waals surface area contributed by atoms with Gasteiger partial charge in [0.2, 0.25) is 17.7 Å². The van der Waals surface area contributed by atoms with Crippen molar-refractivity contribution in [2.75, 3.05) is 152 Å². The van der Waals surface area contributed by atoms with Crippen LogP contribution in [0.3, 0.4) is 0 Å². The van der Waals surface area contributed by atoms with Gasteiger partial charge < -0.3 is 75.0 Å². The topological polar surface area (TPSA) is 349 Å². The van der Waals surface area contributed by atoms with E-state index < -0.39 is 60.4 Å². The van der Waals surface area contributed by atoms with Gasteiger partial charge >= 0.3 is 7.82 Å². The molecule has 0 saturated heterocycles. The predicted molar refractivity (Wildman–Crippen MR) is 453 cm³/mol. The summed E-state index contributed by atoms with van der Waals surface area (Å²) < 4.78 is 153. The minimum atomic E-state index is -4.20. The van der Waals surface area contributed by atoms with E-state index >= 15 is 0 Å². The lowest BCUT2D eigenvalue weighted by molar-refractivity contribution is -0.116. The van der Waals surface area contributed by atoms with E-state index in [2.05, 4.69) is 91.5 Å². The molecule has 0 aliphatic carbocycles. The summed E-state index contributed by atoms with van der Waals surface area (Å²) in [6.45, 7) is 11.6. The van der Waals surface area contributed by atoms with Gasteiger partial charge in [0.05, 0.1) is 114 Å². The molecule has 6 aromatic heterocycles. The number of hydrogen-bond acceptors (Lipinski definition) is 31. The van der Waals surface area contributed by atoms with Crippen LogP contribution in [0.25, 0.3) is 32.7 Å². The Bertz CT molecular complexity index is 5120. The molecule has 0 aliphatic heterocycles. The number of nitrogens with zero attached hydrogens (tertiary/aromatic N) is 12. The predicted octanol–water partition coefficient (Wildman–Crippen LogP) is 15.4. The van der Waals surface area contributed by atoms with Crippen LogP contribution >= 0.6 is 41.8 Å². The van der Waals surface area contributed by atoms with Gasteiger partial charge in [0.1, 0.15) is 71.3 Å². The summed E-state index contributed by atoms with van der Waals surface area (Å²) in [5.74, 6) is -2.19. The SMILES string of the molecule is CCN(CCCOc1cc2ncnc(Nc3ncc(CC(=O)Nc4cc(F)ccc4F)s3)c2cc1OC)CCOP(=O)(OCCN(CC)CCCOc1cc2ncnc(Nc3ncc(CC(=O)Nc4cc(F)ccc4F)s3)c2cc1OC)OCCN(CC)CCCOc1cc2ncnc(Nc3ncc(CC(=O)Nc4cc(F)ccc4F)s3)c2cc1OC. The molecular formula is C81H87F6N18O13PS3. The zero-order valence-electron chi connectivity index (χ0n) is 67.1. The van der Waals surface area contributed by atoms with Gasteiger partial charge in [-0.1, -0.05) is 20.8 Å². The number of carbonyl (C=O) groups excluding carboxylic acids is 3. The molecule has 6 aromatic carbocycles. The summed E-state index contributed by atoms with van der Waals surface area (Å²) in [4.78, 5) is 86.2. The van der Waals surface area contributed by atoms with Crippen LogP contribution in [0.15, 0.2) is 129 Å². The Labute approximate surface area is 708 Å². The molecule has 0 unspecified atom stereocenters. The van der Waals surface area contributed by atoms with Gasteiger partial charge in [0, 0.05) is 125 Å². The zero-order valence-corrected chi connectivity index (χ0v) is 70.4. The van der Waals surface area contributed by atoms with Crippen LogP contribution in [0.5, 0.6) is 34.5 Å². The molecular weight excluding hydrogens is 1670 g/mol. The van der Waals surface area contributed by atoms with Crippen LogP contribution in [-0.4, -0.2) is 197 Å². The molecule has 0 fully saturated rings. The molecule has 0 saturated carbocycles. The van der Waals surface area contributed by atoms with Crippen LogP contribution < -0.4 is 60.3 Å². The van der Waals surface area contributed by atoms with Crippen LogP contribution in [0.1, 0.15) is 54.7 Å². The van der Waals surface area contributed by atoms with E-state index in [4.69, 9.17) is 42.0 Å². The number of halogens is 6. The van der Waals surface area contributed by atoms with Gasteiger partial charge in [-0.25, -0.2) is 75.8 Å². The Morgan fingerprint density at radius 3 is 0.951 bits per heavy atom. The van der Waals surface area contributed by atoms with Crippen molar-refractivity contribution >= 4 is 142 Å². The minimum Gasteiger partial charge on any atom is -0.493 e. The molecule has 31 nitrogen and oxygen atoms in total. The number of phosphoric ester groups is 1. The highest BCUT2D eigenvalue weighted by Gasteiger charge is 2.29. The van der Waals surface area contributed by atoms with Crippen molar-refractivity contribution in [3.63, 3.8) is 0 Å². The second-order valence-electron chi connectivity index (χ2n) is 26.9. The third kappa shape index (κ3) is 25.3. The summed E-state index contributed by atoms with van der Waals surface area (Å²) in [5, 5.41) is 19.8. The fourth-order valence-corrected chi connectivity index (χ4v) is 16.0. The van der Waals surface area contributed by atoms with E-state index in [-0.39, 0.29) is 76.0 Å². The highest BCUT2D eigenvalue weighted by atomic mass is 32.1. The highest BCUT2D eigenvalue weighted by molar-refractivity contribution is 7.48. The van der Waals surface area contributed by atoms with Crippen molar-refractivity contribution in [3.8, 4) is 34.5 Å². The number of benzene rings is 6. The number of phosphoric acid groups is 1. The number of ether oxygens (including phenoxy) is 6. The second kappa shape index (κ2) is 43.8. The number of rotatable bonds is 48. The number of aromatic nitrogens is 9. The van der Waals surface area contributed by atoms with Gasteiger partial charge in [-0.05, 0) is 93.5 Å². The monoisotopic (exact) mass is 1760 g/mol. The number of carbonyl (C=O) groups is 3. The van der Waals surface area contributed by atoms with Crippen LogP contribution in [0, 0.1) is 34.9 Å². The number of nitrogens with one attached hydrogen (secondary N) is 6. The quantitative estimate of drug-likeness (QED) is 0.0117. The lowest BCUT2D eigenvalue weighted by atomic mass is 10.2. The van der Waals surface area contributed by atoms with E-state index in [1.165, 1.54) is 92.9 Å². The molecule has 644 valence electrons. The number of anilines is 9. The first-order valence-corrected chi connectivity index (χ1v) is 42.5. The van der Waals surface area contributed by atoms with Crippen molar-refractivity contribution in [1.82, 2.24) is 59.6 Å². The molecule has 41 heteroatoms. The lowest BCUT2D eigenvalue weighted by Gasteiger charge is -2.25. The zero-order chi connectivity index (χ0) is 86.1. The molecule has 0 spiro atoms. The third-order valence-corrected chi connectivity index (χ3v) is 22.9. The van der Waals surface area contributed by atoms with Crippen molar-refractivity contribution in [2.45, 2.75) is 59.3 Å². The number of methoxy groups -OCH3 is 3. The summed E-state index contributed by atoms with van der Waals surface area (Å²) in [7, 11) is 0.356. The molecule has 0 radical (unpaired) electrons. The maximum absolute atomic E-state index is 14.8. The summed E-state index contributed by atoms with van der Waals surface area (Å²) >= 11 is 3.55. The van der Waals surface area contributed by atoms with Crippen molar-refractivity contribution < 1.29 is 87.3 Å². The molecule has 6 N–H and O–H groups in total. The molecule has 3 amide bonds. The summed E-state index contributed by atoms with van der Waals surface area (Å²) in [6, 6.07) is 18.9. The standard InChI is InChI=1S/C81H87F6N18O13PS3/c1-7-103(19-10-25-113-70-40-61-55(37-67(70)110-4)76(94-46-91-61)100-79-88-43-52(120-79)34-73(106)97-64-31-49(82)13-16-58(64)85)22-28-116-119(109,117-29-23-104(8-2)20-11-26-114-71-41-62-56(38-68(71)111-5)77(95-47-92-62)101-80-89-44-53(121-80)35-74(107)98-65-32-50(83)14-17-59(65)86)118-30-24-105(9-3)21-12-27-115-72-42-63-57(39-69(72)112-6)78(96-48-93-63)102-81-90-45-54(122-81)36-75(108)99-66-33-51(84)15-18-60(66)87/h13-18,31-33,37-48H,7-12,19-30,34-36H2,1-6H3,(H,97,106)(H,98,107)(H,99,108)(H,88,91,94,100)(H,89,92,95,101)(H,90,93,96,102). The number of hydrogen-bond donors (Lipinski definition) is 6. The van der Waals surface area contributed by atoms with E-state index in [0.717, 1.165) is 54.6 Å². The molecule has 122 heavy (non-hydrogen) atoms. The Morgan fingerprint density at radius 2 is 0.672 bits per heavy atom. The average molecular weight is 1760 g/mol. The normalized spacial score (nSPS) is 11.6. The minimum absolute atomic E-state index is 0.00422. The first-order chi connectivity index (χ1) is 59.1.